The van der Waals surface area contributed by atoms with Gasteiger partial charge in [-0.2, -0.15) is 23.3 Å². The van der Waals surface area contributed by atoms with E-state index in [9.17, 15) is 28.2 Å². The minimum Gasteiger partial charge on any atom is -0.507 e. The number of para-hydroxylation sites is 1. The molecule has 0 saturated heterocycles. The van der Waals surface area contributed by atoms with Gasteiger partial charge in [0.2, 0.25) is 0 Å². The number of carbonyl (C=O) groups excluding carboxylic acids is 1. The Bertz CT molecular complexity index is 704. The van der Waals surface area contributed by atoms with Crippen LogP contribution in [0.4, 0.5) is 13.2 Å². The fourth-order valence-electron chi connectivity index (χ4n) is 3.38. The first-order valence-corrected chi connectivity index (χ1v) is 7.65. The van der Waals surface area contributed by atoms with Crippen molar-refractivity contribution in [3.63, 3.8) is 0 Å². The second-order valence-electron chi connectivity index (χ2n) is 6.38. The average Bonchev–Trinajstić information content (AvgIpc) is 2.81. The molecule has 1 heterocycles. The Labute approximate surface area is 136 Å². The van der Waals surface area contributed by atoms with E-state index in [0.29, 0.717) is 12.8 Å². The number of hydrogen-bond acceptors (Lipinski definition) is 4. The molecule has 1 fully saturated rings. The van der Waals surface area contributed by atoms with Crippen LogP contribution >= 0.6 is 0 Å². The third-order valence-electron chi connectivity index (χ3n) is 4.71. The van der Waals surface area contributed by atoms with E-state index in [4.69, 9.17) is 0 Å². The largest absolute Gasteiger partial charge is 0.507 e. The average molecular weight is 342 g/mol. The van der Waals surface area contributed by atoms with Gasteiger partial charge in [-0.15, -0.1) is 0 Å². The molecular formula is C16H17F3N2O3. The SMILES string of the molecule is C[C@@H]1CCC2=NN(C(=O)c3ccccc3O)[C@@](O)(C(F)(F)F)[C@H]2C1. The van der Waals surface area contributed by atoms with Crippen molar-refractivity contribution in [2.75, 3.05) is 0 Å². The summed E-state index contributed by atoms with van der Waals surface area (Å²) in [6.45, 7) is 1.81. The number of halogens is 3. The molecule has 8 heteroatoms. The van der Waals surface area contributed by atoms with Crippen molar-refractivity contribution in [1.82, 2.24) is 5.01 Å². The van der Waals surface area contributed by atoms with Gasteiger partial charge < -0.3 is 10.2 Å². The van der Waals surface area contributed by atoms with E-state index < -0.39 is 29.5 Å². The first-order valence-electron chi connectivity index (χ1n) is 7.65. The van der Waals surface area contributed by atoms with E-state index >= 15 is 0 Å². The predicted molar refractivity (Wildman–Crippen MR) is 79.2 cm³/mol. The van der Waals surface area contributed by atoms with Gasteiger partial charge in [0.25, 0.3) is 11.6 Å². The Kier molecular flexibility index (Phi) is 3.82. The Balaban J connectivity index is 2.07. The lowest BCUT2D eigenvalue weighted by atomic mass is 9.76. The van der Waals surface area contributed by atoms with Crippen LogP contribution in [0, 0.1) is 11.8 Å². The number of hydrazone groups is 1. The maximum Gasteiger partial charge on any atom is 0.439 e. The summed E-state index contributed by atoms with van der Waals surface area (Å²) in [5.41, 5.74) is -3.55. The molecule has 0 bridgehead atoms. The van der Waals surface area contributed by atoms with Gasteiger partial charge in [-0.25, -0.2) is 0 Å². The molecule has 3 rings (SSSR count). The molecule has 0 radical (unpaired) electrons. The highest BCUT2D eigenvalue weighted by Gasteiger charge is 2.68. The zero-order valence-corrected chi connectivity index (χ0v) is 12.9. The highest BCUT2D eigenvalue weighted by Crippen LogP contribution is 2.49. The number of phenols is 1. The van der Waals surface area contributed by atoms with Crippen LogP contribution in [0.2, 0.25) is 0 Å². The molecule has 5 nitrogen and oxygen atoms in total. The molecule has 3 atom stereocenters. The summed E-state index contributed by atoms with van der Waals surface area (Å²) in [7, 11) is 0. The molecule has 1 aliphatic carbocycles. The Morgan fingerprint density at radius 1 is 1.38 bits per heavy atom. The predicted octanol–water partition coefficient (Wildman–Crippen LogP) is 2.89. The highest BCUT2D eigenvalue weighted by molar-refractivity contribution is 6.01. The molecule has 0 aromatic heterocycles. The third kappa shape index (κ3) is 2.36. The van der Waals surface area contributed by atoms with E-state index in [0.717, 1.165) is 0 Å². The smallest absolute Gasteiger partial charge is 0.439 e. The number of phenolic OH excluding ortho intramolecular Hbond substituents is 1. The first-order chi connectivity index (χ1) is 11.2. The van der Waals surface area contributed by atoms with E-state index in [1.165, 1.54) is 24.3 Å². The fraction of sp³-hybridized carbons (Fsp3) is 0.500. The molecule has 2 aliphatic rings. The minimum absolute atomic E-state index is 0.0111. The summed E-state index contributed by atoms with van der Waals surface area (Å²) in [6.07, 6.45) is -4.02. The lowest BCUT2D eigenvalue weighted by Gasteiger charge is -2.39. The summed E-state index contributed by atoms with van der Waals surface area (Å²) in [5.74, 6) is -2.93. The molecule has 1 aromatic rings. The second-order valence-corrected chi connectivity index (χ2v) is 6.38. The van der Waals surface area contributed by atoms with Crippen LogP contribution < -0.4 is 0 Å². The monoisotopic (exact) mass is 342 g/mol. The van der Waals surface area contributed by atoms with Crippen molar-refractivity contribution < 1.29 is 28.2 Å². The van der Waals surface area contributed by atoms with Gasteiger partial charge in [-0.05, 0) is 37.3 Å². The molecule has 24 heavy (non-hydrogen) atoms. The number of nitrogens with zero attached hydrogens (tertiary/aromatic N) is 2. The quantitative estimate of drug-likeness (QED) is 0.824. The number of benzene rings is 1. The molecule has 1 aliphatic heterocycles. The van der Waals surface area contributed by atoms with Crippen molar-refractivity contribution >= 4 is 11.6 Å². The Morgan fingerprint density at radius 2 is 2.04 bits per heavy atom. The van der Waals surface area contributed by atoms with Gasteiger partial charge >= 0.3 is 6.18 Å². The second kappa shape index (κ2) is 5.47. The van der Waals surface area contributed by atoms with Crippen molar-refractivity contribution in [2.45, 2.75) is 38.1 Å². The zero-order valence-electron chi connectivity index (χ0n) is 12.9. The standard InChI is InChI=1S/C16H17F3N2O3/c1-9-6-7-12-11(8-9)15(24,16(17,18)19)21(20-12)14(23)10-4-2-3-5-13(10)22/h2-5,9,11,22,24H,6-8H2,1H3/t9-,11+,15+/m1/s1. The van der Waals surface area contributed by atoms with E-state index in [1.54, 1.807) is 6.92 Å². The number of alkyl halides is 3. The van der Waals surface area contributed by atoms with Crippen LogP contribution in [0.5, 0.6) is 5.75 Å². The Morgan fingerprint density at radius 3 is 2.67 bits per heavy atom. The lowest BCUT2D eigenvalue weighted by Crippen LogP contribution is -2.61. The zero-order chi connectivity index (χ0) is 17.7. The first kappa shape index (κ1) is 16.8. The van der Waals surface area contributed by atoms with Gasteiger partial charge in [0.15, 0.2) is 0 Å². The topological polar surface area (TPSA) is 73.1 Å². The van der Waals surface area contributed by atoms with Crippen molar-refractivity contribution in [2.24, 2.45) is 16.9 Å². The molecule has 1 amide bonds. The van der Waals surface area contributed by atoms with Crippen molar-refractivity contribution in [3.8, 4) is 5.75 Å². The van der Waals surface area contributed by atoms with Gasteiger partial charge in [0, 0.05) is 5.71 Å². The maximum absolute atomic E-state index is 13.7. The molecule has 2 N–H and O–H groups in total. The summed E-state index contributed by atoms with van der Waals surface area (Å²) < 4.78 is 41.1. The van der Waals surface area contributed by atoms with E-state index in [1.807, 2.05) is 0 Å². The van der Waals surface area contributed by atoms with Gasteiger partial charge in [0.05, 0.1) is 11.5 Å². The number of hydrogen-bond donors (Lipinski definition) is 2. The number of amides is 1. The summed E-state index contributed by atoms with van der Waals surface area (Å²) >= 11 is 0. The molecule has 130 valence electrons. The van der Waals surface area contributed by atoms with Gasteiger partial charge in [0.1, 0.15) is 5.75 Å². The molecule has 1 aromatic carbocycles. The van der Waals surface area contributed by atoms with E-state index in [2.05, 4.69) is 5.10 Å². The molecule has 1 saturated carbocycles. The highest BCUT2D eigenvalue weighted by atomic mass is 19.4. The third-order valence-corrected chi connectivity index (χ3v) is 4.71. The number of aromatic hydroxyl groups is 1. The molecular weight excluding hydrogens is 325 g/mol. The van der Waals surface area contributed by atoms with Crippen LogP contribution in [0.3, 0.4) is 0 Å². The van der Waals surface area contributed by atoms with Crippen LogP contribution in [-0.4, -0.2) is 38.7 Å². The van der Waals surface area contributed by atoms with Crippen molar-refractivity contribution in [1.29, 1.82) is 0 Å². The summed E-state index contributed by atoms with van der Waals surface area (Å²) in [6, 6.07) is 5.24. The van der Waals surface area contributed by atoms with Crippen LogP contribution in [0.25, 0.3) is 0 Å². The Hall–Kier alpha value is -2.09. The molecule has 0 spiro atoms. The van der Waals surface area contributed by atoms with Gasteiger partial charge in [-0.3, -0.25) is 4.79 Å². The van der Waals surface area contributed by atoms with E-state index in [-0.39, 0.29) is 28.6 Å². The van der Waals surface area contributed by atoms with Crippen molar-refractivity contribution in [3.05, 3.63) is 29.8 Å². The summed E-state index contributed by atoms with van der Waals surface area (Å²) in [4.78, 5) is 12.6. The fourth-order valence-corrected chi connectivity index (χ4v) is 3.38. The number of rotatable bonds is 1. The number of aliphatic hydroxyl groups is 1. The van der Waals surface area contributed by atoms with Crippen LogP contribution in [0.15, 0.2) is 29.4 Å². The lowest BCUT2D eigenvalue weighted by molar-refractivity contribution is -0.313. The van der Waals surface area contributed by atoms with Crippen LogP contribution in [-0.2, 0) is 0 Å². The maximum atomic E-state index is 13.7. The van der Waals surface area contributed by atoms with Gasteiger partial charge in [-0.1, -0.05) is 19.1 Å². The number of carbonyl (C=O) groups is 1. The minimum atomic E-state index is -5.07. The number of fused-ring (bicyclic) bond motifs is 1. The van der Waals surface area contributed by atoms with Crippen LogP contribution in [0.1, 0.15) is 36.5 Å². The summed E-state index contributed by atoms with van der Waals surface area (Å²) in [5, 5.41) is 24.2. The molecule has 0 unspecified atom stereocenters. The normalized spacial score (nSPS) is 30.0.